The molecule has 2 heterocycles. The molecule has 1 unspecified atom stereocenters. The van der Waals surface area contributed by atoms with Gasteiger partial charge in [0.25, 0.3) is 0 Å². The van der Waals surface area contributed by atoms with Crippen molar-refractivity contribution in [2.45, 2.75) is 25.4 Å². The predicted molar refractivity (Wildman–Crippen MR) is 74.7 cm³/mol. The monoisotopic (exact) mass is 273 g/mol. The number of primary amides is 1. The molecule has 1 aromatic carbocycles. The first kappa shape index (κ1) is 13.1. The fourth-order valence-corrected chi connectivity index (χ4v) is 3.11. The standard InChI is InChI=1S/C15H19N3O2/c16-14(19)13-7-10-3-1-2-4-12(10)9-18(13)15(20)11-5-6-17-8-11/h1-4,11,13,17H,5-9H2,(H2,16,19)/t11?,13-/m0/s1. The van der Waals surface area contributed by atoms with Crippen molar-refractivity contribution >= 4 is 11.8 Å². The van der Waals surface area contributed by atoms with E-state index in [0.717, 1.165) is 24.1 Å². The molecular formula is C15H19N3O2. The van der Waals surface area contributed by atoms with Crippen LogP contribution in [0.3, 0.4) is 0 Å². The Bertz CT molecular complexity index is 538. The molecule has 0 spiro atoms. The van der Waals surface area contributed by atoms with Crippen LogP contribution in [0.1, 0.15) is 17.5 Å². The van der Waals surface area contributed by atoms with Gasteiger partial charge in [-0.3, -0.25) is 9.59 Å². The van der Waals surface area contributed by atoms with Crippen molar-refractivity contribution in [3.05, 3.63) is 35.4 Å². The fraction of sp³-hybridized carbons (Fsp3) is 0.467. The van der Waals surface area contributed by atoms with Crippen molar-refractivity contribution in [1.82, 2.24) is 10.2 Å². The molecule has 20 heavy (non-hydrogen) atoms. The van der Waals surface area contributed by atoms with Crippen LogP contribution in [-0.4, -0.2) is 35.8 Å². The third-order valence-corrected chi connectivity index (χ3v) is 4.27. The molecule has 2 amide bonds. The van der Waals surface area contributed by atoms with Gasteiger partial charge in [-0.2, -0.15) is 0 Å². The maximum Gasteiger partial charge on any atom is 0.240 e. The minimum Gasteiger partial charge on any atom is -0.368 e. The number of hydrogen-bond acceptors (Lipinski definition) is 3. The third kappa shape index (κ3) is 2.29. The number of nitrogens with one attached hydrogen (secondary N) is 1. The number of rotatable bonds is 2. The van der Waals surface area contributed by atoms with E-state index >= 15 is 0 Å². The van der Waals surface area contributed by atoms with E-state index < -0.39 is 11.9 Å². The first-order valence-corrected chi connectivity index (χ1v) is 7.04. The Morgan fingerprint density at radius 2 is 2.00 bits per heavy atom. The molecule has 2 aliphatic rings. The summed E-state index contributed by atoms with van der Waals surface area (Å²) in [6.45, 7) is 2.05. The summed E-state index contributed by atoms with van der Waals surface area (Å²) < 4.78 is 0. The number of hydrogen-bond donors (Lipinski definition) is 2. The lowest BCUT2D eigenvalue weighted by Gasteiger charge is -2.36. The maximum absolute atomic E-state index is 12.6. The Balaban J connectivity index is 1.88. The third-order valence-electron chi connectivity index (χ3n) is 4.27. The van der Waals surface area contributed by atoms with Crippen molar-refractivity contribution in [2.75, 3.05) is 13.1 Å². The number of carbonyl (C=O) groups excluding carboxylic acids is 2. The largest absolute Gasteiger partial charge is 0.368 e. The fourth-order valence-electron chi connectivity index (χ4n) is 3.11. The van der Waals surface area contributed by atoms with Crippen LogP contribution in [0.5, 0.6) is 0 Å². The lowest BCUT2D eigenvalue weighted by molar-refractivity contribution is -0.143. The Hall–Kier alpha value is -1.88. The molecule has 0 bridgehead atoms. The Morgan fingerprint density at radius 3 is 2.65 bits per heavy atom. The van der Waals surface area contributed by atoms with E-state index in [4.69, 9.17) is 5.73 Å². The highest BCUT2D eigenvalue weighted by Crippen LogP contribution is 2.25. The lowest BCUT2D eigenvalue weighted by atomic mass is 9.92. The van der Waals surface area contributed by atoms with E-state index in [0.29, 0.717) is 19.5 Å². The van der Waals surface area contributed by atoms with E-state index in [-0.39, 0.29) is 11.8 Å². The molecule has 0 saturated carbocycles. The maximum atomic E-state index is 12.6. The minimum atomic E-state index is -0.516. The summed E-state index contributed by atoms with van der Waals surface area (Å²) in [6, 6.07) is 7.42. The summed E-state index contributed by atoms with van der Waals surface area (Å²) in [5.74, 6) is -0.394. The highest BCUT2D eigenvalue weighted by atomic mass is 16.2. The van der Waals surface area contributed by atoms with Crippen LogP contribution in [0.2, 0.25) is 0 Å². The van der Waals surface area contributed by atoms with E-state index in [1.165, 1.54) is 0 Å². The highest BCUT2D eigenvalue weighted by Gasteiger charge is 2.36. The Kier molecular flexibility index (Phi) is 3.44. The highest BCUT2D eigenvalue weighted by molar-refractivity contribution is 5.88. The van der Waals surface area contributed by atoms with Gasteiger partial charge in [-0.05, 0) is 24.1 Å². The number of fused-ring (bicyclic) bond motifs is 1. The van der Waals surface area contributed by atoms with Crippen LogP contribution in [0.15, 0.2) is 24.3 Å². The van der Waals surface area contributed by atoms with Gasteiger partial charge < -0.3 is 16.0 Å². The smallest absolute Gasteiger partial charge is 0.240 e. The van der Waals surface area contributed by atoms with E-state index in [9.17, 15) is 9.59 Å². The molecule has 1 aromatic rings. The average molecular weight is 273 g/mol. The second kappa shape index (κ2) is 5.25. The average Bonchev–Trinajstić information content (AvgIpc) is 2.99. The van der Waals surface area contributed by atoms with Crippen LogP contribution >= 0.6 is 0 Å². The second-order valence-electron chi connectivity index (χ2n) is 5.55. The van der Waals surface area contributed by atoms with Crippen LogP contribution in [-0.2, 0) is 22.6 Å². The summed E-state index contributed by atoms with van der Waals surface area (Å²) in [6.07, 6.45) is 1.36. The molecular weight excluding hydrogens is 254 g/mol. The Labute approximate surface area is 118 Å². The van der Waals surface area contributed by atoms with Gasteiger partial charge in [-0.25, -0.2) is 0 Å². The molecule has 2 aliphatic heterocycles. The number of benzene rings is 1. The predicted octanol–water partition coefficient (Wildman–Crippen LogP) is 0.0347. The van der Waals surface area contributed by atoms with Gasteiger partial charge in [-0.15, -0.1) is 0 Å². The molecule has 3 rings (SSSR count). The molecule has 106 valence electrons. The summed E-state index contributed by atoms with van der Waals surface area (Å²) in [5, 5.41) is 3.19. The van der Waals surface area contributed by atoms with Crippen molar-refractivity contribution in [1.29, 1.82) is 0 Å². The molecule has 1 fully saturated rings. The van der Waals surface area contributed by atoms with Crippen LogP contribution in [0.4, 0.5) is 0 Å². The summed E-state index contributed by atoms with van der Waals surface area (Å²) in [4.78, 5) is 26.0. The van der Waals surface area contributed by atoms with Gasteiger partial charge in [0.15, 0.2) is 0 Å². The van der Waals surface area contributed by atoms with Crippen molar-refractivity contribution < 1.29 is 9.59 Å². The molecule has 0 aliphatic carbocycles. The van der Waals surface area contributed by atoms with E-state index in [2.05, 4.69) is 5.32 Å². The van der Waals surface area contributed by atoms with Gasteiger partial charge in [0.05, 0.1) is 5.92 Å². The zero-order valence-corrected chi connectivity index (χ0v) is 11.3. The van der Waals surface area contributed by atoms with Gasteiger partial charge >= 0.3 is 0 Å². The normalized spacial score (nSPS) is 25.3. The van der Waals surface area contributed by atoms with Crippen LogP contribution < -0.4 is 11.1 Å². The van der Waals surface area contributed by atoms with Gasteiger partial charge in [0.2, 0.25) is 11.8 Å². The quantitative estimate of drug-likeness (QED) is 0.798. The van der Waals surface area contributed by atoms with Crippen LogP contribution in [0, 0.1) is 5.92 Å². The van der Waals surface area contributed by atoms with E-state index in [1.54, 1.807) is 4.90 Å². The zero-order chi connectivity index (χ0) is 14.1. The van der Waals surface area contributed by atoms with Crippen molar-refractivity contribution in [3.63, 3.8) is 0 Å². The molecule has 3 N–H and O–H groups in total. The second-order valence-corrected chi connectivity index (χ2v) is 5.55. The number of nitrogens with zero attached hydrogens (tertiary/aromatic N) is 1. The number of carbonyl (C=O) groups is 2. The van der Waals surface area contributed by atoms with E-state index in [1.807, 2.05) is 24.3 Å². The van der Waals surface area contributed by atoms with Crippen molar-refractivity contribution in [2.24, 2.45) is 11.7 Å². The van der Waals surface area contributed by atoms with Crippen molar-refractivity contribution in [3.8, 4) is 0 Å². The first-order valence-electron chi connectivity index (χ1n) is 7.04. The zero-order valence-electron chi connectivity index (χ0n) is 11.3. The topological polar surface area (TPSA) is 75.4 Å². The molecule has 1 saturated heterocycles. The molecule has 0 radical (unpaired) electrons. The van der Waals surface area contributed by atoms with Gasteiger partial charge in [-0.1, -0.05) is 24.3 Å². The minimum absolute atomic E-state index is 0.0258. The molecule has 5 heteroatoms. The first-order chi connectivity index (χ1) is 9.66. The van der Waals surface area contributed by atoms with Crippen LogP contribution in [0.25, 0.3) is 0 Å². The molecule has 0 aromatic heterocycles. The summed E-state index contributed by atoms with van der Waals surface area (Å²) in [7, 11) is 0. The van der Waals surface area contributed by atoms with Gasteiger partial charge in [0, 0.05) is 19.5 Å². The summed E-state index contributed by atoms with van der Waals surface area (Å²) in [5.41, 5.74) is 7.73. The number of amides is 2. The SMILES string of the molecule is NC(=O)[C@@H]1Cc2ccccc2CN1C(=O)C1CCNC1. The lowest BCUT2D eigenvalue weighted by Crippen LogP contribution is -2.53. The molecule has 2 atom stereocenters. The summed E-state index contributed by atoms with van der Waals surface area (Å²) >= 11 is 0. The Morgan fingerprint density at radius 1 is 1.25 bits per heavy atom. The van der Waals surface area contributed by atoms with Gasteiger partial charge in [0.1, 0.15) is 6.04 Å². The molecule has 5 nitrogen and oxygen atoms in total. The number of nitrogens with two attached hydrogens (primary N) is 1.